The van der Waals surface area contributed by atoms with Crippen molar-refractivity contribution in [3.05, 3.63) is 30.2 Å². The summed E-state index contributed by atoms with van der Waals surface area (Å²) >= 11 is 0. The van der Waals surface area contributed by atoms with Gasteiger partial charge in [-0.1, -0.05) is 19.3 Å². The maximum Gasteiger partial charge on any atom is 0.272 e. The Labute approximate surface area is 140 Å². The maximum atomic E-state index is 12.9. The number of aromatic nitrogens is 3. The molecule has 1 amide bonds. The first-order chi connectivity index (χ1) is 11.7. The van der Waals surface area contributed by atoms with Crippen LogP contribution in [0.25, 0.3) is 11.2 Å². The van der Waals surface area contributed by atoms with Gasteiger partial charge in [0.1, 0.15) is 11.2 Å². The first-order valence-corrected chi connectivity index (χ1v) is 8.50. The molecule has 2 aromatic heterocycles. The van der Waals surface area contributed by atoms with Gasteiger partial charge in [0, 0.05) is 25.5 Å². The second-order valence-electron chi connectivity index (χ2n) is 6.85. The number of nitriles is 1. The van der Waals surface area contributed by atoms with Crippen LogP contribution >= 0.6 is 0 Å². The lowest BCUT2D eigenvalue weighted by atomic mass is 9.76. The van der Waals surface area contributed by atoms with E-state index < -0.39 is 0 Å². The van der Waals surface area contributed by atoms with Crippen molar-refractivity contribution in [2.24, 2.45) is 11.3 Å². The number of rotatable bonds is 1. The quantitative estimate of drug-likeness (QED) is 0.806. The molecule has 2 aromatic rings. The molecule has 1 saturated carbocycles. The van der Waals surface area contributed by atoms with Crippen molar-refractivity contribution in [1.82, 2.24) is 19.9 Å². The molecule has 0 N–H and O–H groups in total. The Hall–Kier alpha value is -2.55. The van der Waals surface area contributed by atoms with E-state index in [1.807, 2.05) is 4.90 Å². The molecule has 6 heteroatoms. The third-order valence-electron chi connectivity index (χ3n) is 5.43. The molecule has 2 atom stereocenters. The number of pyridine rings is 1. The van der Waals surface area contributed by atoms with Crippen molar-refractivity contribution in [1.29, 1.82) is 5.26 Å². The van der Waals surface area contributed by atoms with E-state index in [0.717, 1.165) is 25.7 Å². The summed E-state index contributed by atoms with van der Waals surface area (Å²) in [5.74, 6) is 0.180. The Kier molecular flexibility index (Phi) is 3.64. The number of amides is 1. The molecule has 1 saturated heterocycles. The lowest BCUT2D eigenvalue weighted by Crippen LogP contribution is -2.32. The average molecular weight is 321 g/mol. The molecule has 24 heavy (non-hydrogen) atoms. The van der Waals surface area contributed by atoms with E-state index in [1.54, 1.807) is 24.5 Å². The summed E-state index contributed by atoms with van der Waals surface area (Å²) in [5.41, 5.74) is 1.16. The first-order valence-electron chi connectivity index (χ1n) is 8.50. The minimum absolute atomic E-state index is 0.106. The molecular weight excluding hydrogens is 302 g/mol. The number of carbonyl (C=O) groups excluding carboxylic acids is 1. The van der Waals surface area contributed by atoms with E-state index in [9.17, 15) is 10.1 Å². The van der Waals surface area contributed by atoms with Gasteiger partial charge in [0.15, 0.2) is 5.65 Å². The Morgan fingerprint density at radius 1 is 1.25 bits per heavy atom. The van der Waals surface area contributed by atoms with Crippen LogP contribution < -0.4 is 0 Å². The largest absolute Gasteiger partial charge is 0.335 e. The topological polar surface area (TPSA) is 82.8 Å². The van der Waals surface area contributed by atoms with Gasteiger partial charge in [-0.2, -0.15) is 5.26 Å². The summed E-state index contributed by atoms with van der Waals surface area (Å²) in [6.45, 7) is 1.18. The highest BCUT2D eigenvalue weighted by atomic mass is 16.2. The van der Waals surface area contributed by atoms with Crippen molar-refractivity contribution in [3.8, 4) is 6.07 Å². The molecule has 3 heterocycles. The van der Waals surface area contributed by atoms with Crippen LogP contribution in [0.1, 0.15) is 42.6 Å². The highest BCUT2D eigenvalue weighted by Gasteiger charge is 2.48. The predicted octanol–water partition coefficient (Wildman–Crippen LogP) is 2.57. The van der Waals surface area contributed by atoms with Crippen molar-refractivity contribution in [3.63, 3.8) is 0 Å². The molecule has 0 bridgehead atoms. The van der Waals surface area contributed by atoms with Crippen LogP contribution in [0.15, 0.2) is 24.5 Å². The molecule has 2 fully saturated rings. The minimum Gasteiger partial charge on any atom is -0.335 e. The zero-order chi connectivity index (χ0) is 16.6. The summed E-state index contributed by atoms with van der Waals surface area (Å²) < 4.78 is 0. The van der Waals surface area contributed by atoms with Gasteiger partial charge < -0.3 is 4.90 Å². The van der Waals surface area contributed by atoms with Crippen LogP contribution in [0.4, 0.5) is 0 Å². The summed E-state index contributed by atoms with van der Waals surface area (Å²) in [7, 11) is 0. The number of hydrogen-bond donors (Lipinski definition) is 0. The molecule has 4 rings (SSSR count). The summed E-state index contributed by atoms with van der Waals surface area (Å²) in [6.07, 6.45) is 8.54. The fraction of sp³-hybridized carbons (Fsp3) is 0.500. The molecule has 0 radical (unpaired) electrons. The van der Waals surface area contributed by atoms with E-state index >= 15 is 0 Å². The van der Waals surface area contributed by atoms with Crippen molar-refractivity contribution in [2.45, 2.75) is 32.1 Å². The van der Waals surface area contributed by atoms with Gasteiger partial charge in [0.2, 0.25) is 0 Å². The molecular formula is C18H19N5O. The number of likely N-dealkylation sites (tertiary alicyclic amines) is 1. The predicted molar refractivity (Wildman–Crippen MR) is 87.9 cm³/mol. The van der Waals surface area contributed by atoms with Crippen molar-refractivity contribution < 1.29 is 4.79 Å². The molecule has 2 unspecified atom stereocenters. The van der Waals surface area contributed by atoms with Crippen LogP contribution in [0.2, 0.25) is 0 Å². The van der Waals surface area contributed by atoms with E-state index in [0.29, 0.717) is 29.9 Å². The maximum absolute atomic E-state index is 12.9. The summed E-state index contributed by atoms with van der Waals surface area (Å²) in [6, 6.07) is 6.02. The fourth-order valence-electron chi connectivity index (χ4n) is 4.11. The average Bonchev–Trinajstić information content (AvgIpc) is 2.88. The Bertz CT molecular complexity index is 830. The van der Waals surface area contributed by atoms with Crippen LogP contribution in [0.5, 0.6) is 0 Å². The van der Waals surface area contributed by atoms with E-state index in [-0.39, 0.29) is 17.2 Å². The third kappa shape index (κ3) is 2.41. The third-order valence-corrected chi connectivity index (χ3v) is 5.43. The molecule has 0 aromatic carbocycles. The molecule has 1 aliphatic carbocycles. The Morgan fingerprint density at radius 3 is 3.00 bits per heavy atom. The van der Waals surface area contributed by atoms with Crippen LogP contribution in [-0.2, 0) is 0 Å². The molecule has 1 aliphatic heterocycles. The van der Waals surface area contributed by atoms with Crippen molar-refractivity contribution >= 4 is 17.1 Å². The summed E-state index contributed by atoms with van der Waals surface area (Å²) in [5, 5.41) is 9.77. The first kappa shape index (κ1) is 15.0. The summed E-state index contributed by atoms with van der Waals surface area (Å²) in [4.78, 5) is 27.4. The number of nitrogens with zero attached hydrogens (tertiary/aromatic N) is 5. The highest BCUT2D eigenvalue weighted by molar-refractivity contribution is 5.94. The monoisotopic (exact) mass is 321 g/mol. The molecule has 2 aliphatic rings. The van der Waals surface area contributed by atoms with Crippen LogP contribution in [0.3, 0.4) is 0 Å². The second kappa shape index (κ2) is 5.82. The zero-order valence-electron chi connectivity index (χ0n) is 13.5. The van der Waals surface area contributed by atoms with E-state index in [1.165, 1.54) is 6.42 Å². The standard InChI is InChI=1S/C18H19N5O/c19-11-18-7-3-1-2-4-13(18)10-23(12-18)17(24)15-6-5-14-16(22-15)21-9-8-20-14/h5-6,8-9,13H,1-4,7,10,12H2. The SMILES string of the molecule is N#CC12CCCCCC1CN(C(=O)c1ccc3nccnc3n1)C2. The van der Waals surface area contributed by atoms with Gasteiger partial charge in [0.05, 0.1) is 11.5 Å². The number of carbonyl (C=O) groups is 1. The minimum atomic E-state index is -0.372. The van der Waals surface area contributed by atoms with Gasteiger partial charge in [0.25, 0.3) is 5.91 Å². The van der Waals surface area contributed by atoms with E-state index in [4.69, 9.17) is 0 Å². The Balaban J connectivity index is 1.61. The lowest BCUT2D eigenvalue weighted by Gasteiger charge is -2.24. The van der Waals surface area contributed by atoms with Crippen molar-refractivity contribution in [2.75, 3.05) is 13.1 Å². The number of hydrogen-bond acceptors (Lipinski definition) is 5. The van der Waals surface area contributed by atoms with Gasteiger partial charge >= 0.3 is 0 Å². The van der Waals surface area contributed by atoms with Crippen LogP contribution in [0, 0.1) is 22.7 Å². The van der Waals surface area contributed by atoms with Gasteiger partial charge in [-0.05, 0) is 30.9 Å². The van der Waals surface area contributed by atoms with Gasteiger partial charge in [-0.15, -0.1) is 0 Å². The second-order valence-corrected chi connectivity index (χ2v) is 6.85. The zero-order valence-corrected chi connectivity index (χ0v) is 13.5. The molecule has 122 valence electrons. The fourth-order valence-corrected chi connectivity index (χ4v) is 4.11. The molecule has 0 spiro atoms. The van der Waals surface area contributed by atoms with Crippen LogP contribution in [-0.4, -0.2) is 38.8 Å². The number of fused-ring (bicyclic) bond motifs is 2. The smallest absolute Gasteiger partial charge is 0.272 e. The normalized spacial score (nSPS) is 26.6. The highest BCUT2D eigenvalue weighted by Crippen LogP contribution is 2.45. The van der Waals surface area contributed by atoms with E-state index in [2.05, 4.69) is 21.0 Å². The molecule has 6 nitrogen and oxygen atoms in total. The van der Waals surface area contributed by atoms with Gasteiger partial charge in [-0.3, -0.25) is 9.78 Å². The van der Waals surface area contributed by atoms with Gasteiger partial charge in [-0.25, -0.2) is 9.97 Å². The Morgan fingerprint density at radius 2 is 2.12 bits per heavy atom. The lowest BCUT2D eigenvalue weighted by molar-refractivity contribution is 0.0772.